The lowest BCUT2D eigenvalue weighted by atomic mass is 9.74. The molecule has 0 radical (unpaired) electrons. The van der Waals surface area contributed by atoms with Crippen LogP contribution in [0.1, 0.15) is 78.2 Å². The SMILES string of the molecule is CC[C@@H]1CN(Cc2cc(C(c3ccc4c(nnn4CC)c3C)C(C)(C)NC(=O)c3ccn(C)c(=O)c3)ccc2C)S(=O)(=O)c2ccccc2O1. The van der Waals surface area contributed by atoms with Gasteiger partial charge in [0, 0.05) is 49.4 Å². The van der Waals surface area contributed by atoms with E-state index in [2.05, 4.69) is 21.7 Å². The predicted molar refractivity (Wildman–Crippen MR) is 193 cm³/mol. The van der Waals surface area contributed by atoms with E-state index in [0.29, 0.717) is 18.7 Å². The third kappa shape index (κ3) is 6.45. The summed E-state index contributed by atoms with van der Waals surface area (Å²) >= 11 is 0. The van der Waals surface area contributed by atoms with Crippen LogP contribution in [-0.2, 0) is 30.2 Å². The Morgan fingerprint density at radius 3 is 2.54 bits per heavy atom. The topological polar surface area (TPSA) is 128 Å². The van der Waals surface area contributed by atoms with E-state index in [0.717, 1.165) is 38.9 Å². The van der Waals surface area contributed by atoms with Gasteiger partial charge >= 0.3 is 0 Å². The summed E-state index contributed by atoms with van der Waals surface area (Å²) in [6.07, 6.45) is 1.92. The van der Waals surface area contributed by atoms with E-state index < -0.39 is 21.5 Å². The maximum Gasteiger partial charge on any atom is 0.251 e. The standard InChI is InChI=1S/C38H44N6O5S/c1-8-29-23-43(50(47,48)33-13-11-10-12-32(33)49-29)22-28-20-26(15-14-24(28)3)35(30-16-17-31-36(25(30)4)40-41-44(31)9-2)38(5,6)39-37(46)27-18-19-42(7)34(45)21-27/h10-21,29,35H,8-9,22-23H2,1-7H3,(H,39,46)/t29-,35?/m1/s1. The van der Waals surface area contributed by atoms with Crippen molar-refractivity contribution in [1.82, 2.24) is 29.2 Å². The van der Waals surface area contributed by atoms with E-state index in [1.165, 1.54) is 14.9 Å². The number of nitrogens with zero attached hydrogens (tertiary/aromatic N) is 5. The van der Waals surface area contributed by atoms with Crippen molar-refractivity contribution >= 4 is 27.0 Å². The average molecular weight is 697 g/mol. The quantitative estimate of drug-likeness (QED) is 0.217. The zero-order valence-electron chi connectivity index (χ0n) is 29.6. The van der Waals surface area contributed by atoms with Gasteiger partial charge < -0.3 is 14.6 Å². The molecule has 0 spiro atoms. The molecule has 0 bridgehead atoms. The van der Waals surface area contributed by atoms with Gasteiger partial charge in [-0.15, -0.1) is 5.10 Å². The van der Waals surface area contributed by atoms with E-state index in [-0.39, 0.29) is 41.1 Å². The van der Waals surface area contributed by atoms with Crippen LogP contribution in [0.5, 0.6) is 5.75 Å². The second-order valence-electron chi connectivity index (χ2n) is 13.6. The molecule has 1 amide bonds. The number of hydrogen-bond acceptors (Lipinski definition) is 7. The summed E-state index contributed by atoms with van der Waals surface area (Å²) in [6.45, 7) is 12.9. The second kappa shape index (κ2) is 13.5. The lowest BCUT2D eigenvalue weighted by Crippen LogP contribution is -2.48. The lowest BCUT2D eigenvalue weighted by Gasteiger charge is -2.37. The van der Waals surface area contributed by atoms with Gasteiger partial charge in [0.2, 0.25) is 10.0 Å². The number of carbonyl (C=O) groups is 1. The van der Waals surface area contributed by atoms with Crippen molar-refractivity contribution in [1.29, 1.82) is 0 Å². The molecule has 50 heavy (non-hydrogen) atoms. The molecule has 1 N–H and O–H groups in total. The number of aromatic nitrogens is 4. The van der Waals surface area contributed by atoms with Gasteiger partial charge in [-0.3, -0.25) is 9.59 Å². The van der Waals surface area contributed by atoms with E-state index >= 15 is 0 Å². The van der Waals surface area contributed by atoms with Crippen molar-refractivity contribution in [2.24, 2.45) is 7.05 Å². The van der Waals surface area contributed by atoms with Crippen LogP contribution in [0.2, 0.25) is 0 Å². The molecule has 12 heteroatoms. The molecule has 5 aromatic rings. The smallest absolute Gasteiger partial charge is 0.251 e. The van der Waals surface area contributed by atoms with Crippen molar-refractivity contribution < 1.29 is 17.9 Å². The van der Waals surface area contributed by atoms with Crippen LogP contribution in [0.3, 0.4) is 0 Å². The number of para-hydroxylation sites is 1. The van der Waals surface area contributed by atoms with E-state index in [4.69, 9.17) is 4.74 Å². The highest BCUT2D eigenvalue weighted by Gasteiger charge is 2.37. The first kappa shape index (κ1) is 35.0. The van der Waals surface area contributed by atoms with Crippen LogP contribution in [0.4, 0.5) is 0 Å². The Hall–Kier alpha value is -4.81. The molecule has 2 aromatic heterocycles. The maximum absolute atomic E-state index is 14.1. The van der Waals surface area contributed by atoms with Gasteiger partial charge in [-0.1, -0.05) is 48.5 Å². The highest BCUT2D eigenvalue weighted by molar-refractivity contribution is 7.89. The molecule has 2 atom stereocenters. The fourth-order valence-corrected chi connectivity index (χ4v) is 8.45. The van der Waals surface area contributed by atoms with Gasteiger partial charge in [-0.25, -0.2) is 13.1 Å². The number of nitrogens with one attached hydrogen (secondary N) is 1. The molecule has 11 nitrogen and oxygen atoms in total. The molecule has 6 rings (SSSR count). The Morgan fingerprint density at radius 2 is 1.82 bits per heavy atom. The third-order valence-electron chi connectivity index (χ3n) is 9.79. The van der Waals surface area contributed by atoms with Gasteiger partial charge in [0.25, 0.3) is 11.5 Å². The Bertz CT molecular complexity index is 2260. The van der Waals surface area contributed by atoms with Crippen molar-refractivity contribution in [2.75, 3.05) is 6.54 Å². The van der Waals surface area contributed by atoms with E-state index in [1.54, 1.807) is 43.6 Å². The summed E-state index contributed by atoms with van der Waals surface area (Å²) in [4.78, 5) is 26.3. The molecule has 0 saturated heterocycles. The van der Waals surface area contributed by atoms with Crippen LogP contribution in [0.15, 0.2) is 82.6 Å². The summed E-state index contributed by atoms with van der Waals surface area (Å²) in [5.74, 6) is -0.408. The number of aryl methyl sites for hydroxylation is 4. The van der Waals surface area contributed by atoms with Gasteiger partial charge in [0.15, 0.2) is 0 Å². The molecule has 1 aliphatic rings. The maximum atomic E-state index is 14.1. The Kier molecular flexibility index (Phi) is 9.45. The van der Waals surface area contributed by atoms with Crippen molar-refractivity contribution in [3.8, 4) is 5.75 Å². The normalized spacial score (nSPS) is 16.7. The number of rotatable bonds is 9. The van der Waals surface area contributed by atoms with Crippen molar-refractivity contribution in [3.63, 3.8) is 0 Å². The summed E-state index contributed by atoms with van der Waals surface area (Å²) < 4.78 is 39.0. The summed E-state index contributed by atoms with van der Waals surface area (Å²) in [7, 11) is -2.23. The first-order valence-corrected chi connectivity index (χ1v) is 18.4. The number of fused-ring (bicyclic) bond motifs is 2. The highest BCUT2D eigenvalue weighted by Crippen LogP contribution is 2.40. The number of ether oxygens (including phenoxy) is 1. The van der Waals surface area contributed by atoms with Crippen LogP contribution in [-0.4, -0.2) is 56.4 Å². The molecular formula is C38H44N6O5S. The fourth-order valence-electron chi connectivity index (χ4n) is 6.88. The van der Waals surface area contributed by atoms with Gasteiger partial charge in [-0.05, 0) is 93.1 Å². The molecule has 3 aromatic carbocycles. The predicted octanol–water partition coefficient (Wildman–Crippen LogP) is 5.47. The lowest BCUT2D eigenvalue weighted by molar-refractivity contribution is 0.0905. The van der Waals surface area contributed by atoms with Crippen LogP contribution in [0.25, 0.3) is 11.0 Å². The zero-order chi connectivity index (χ0) is 36.0. The van der Waals surface area contributed by atoms with Crippen molar-refractivity contribution in [2.45, 2.75) is 83.5 Å². The molecule has 262 valence electrons. The summed E-state index contributed by atoms with van der Waals surface area (Å²) in [6, 6.07) is 19.9. The average Bonchev–Trinajstić information content (AvgIpc) is 3.47. The minimum atomic E-state index is -3.87. The monoisotopic (exact) mass is 696 g/mol. The molecule has 0 saturated carbocycles. The molecule has 1 unspecified atom stereocenters. The molecule has 0 fully saturated rings. The summed E-state index contributed by atoms with van der Waals surface area (Å²) in [5, 5.41) is 12.1. The number of benzene rings is 3. The molecule has 1 aliphatic heterocycles. The van der Waals surface area contributed by atoms with Crippen LogP contribution >= 0.6 is 0 Å². The minimum Gasteiger partial charge on any atom is -0.488 e. The second-order valence-corrected chi connectivity index (χ2v) is 15.5. The Morgan fingerprint density at radius 1 is 1.06 bits per heavy atom. The van der Waals surface area contributed by atoms with E-state index in [9.17, 15) is 18.0 Å². The number of sulfonamides is 1. The molecule has 3 heterocycles. The van der Waals surface area contributed by atoms with Crippen molar-refractivity contribution in [3.05, 3.63) is 117 Å². The largest absolute Gasteiger partial charge is 0.488 e. The number of hydrogen-bond donors (Lipinski definition) is 1. The van der Waals surface area contributed by atoms with Crippen LogP contribution in [0, 0.1) is 13.8 Å². The Balaban J connectivity index is 1.45. The zero-order valence-corrected chi connectivity index (χ0v) is 30.4. The highest BCUT2D eigenvalue weighted by atomic mass is 32.2. The van der Waals surface area contributed by atoms with Crippen LogP contribution < -0.4 is 15.6 Å². The fraction of sp³-hybridized carbons (Fsp3) is 0.368. The third-order valence-corrected chi connectivity index (χ3v) is 11.6. The first-order chi connectivity index (χ1) is 23.7. The van der Waals surface area contributed by atoms with Gasteiger partial charge in [0.1, 0.15) is 22.3 Å². The molecular weight excluding hydrogens is 653 g/mol. The molecule has 0 aliphatic carbocycles. The number of pyridine rings is 1. The van der Waals surface area contributed by atoms with Gasteiger partial charge in [-0.2, -0.15) is 4.31 Å². The number of amides is 1. The van der Waals surface area contributed by atoms with E-state index in [1.807, 2.05) is 70.5 Å². The Labute approximate surface area is 292 Å². The van der Waals surface area contributed by atoms with Gasteiger partial charge in [0.05, 0.1) is 12.1 Å². The first-order valence-electron chi connectivity index (χ1n) is 16.9. The minimum absolute atomic E-state index is 0.145. The summed E-state index contributed by atoms with van der Waals surface area (Å²) in [5.41, 5.74) is 5.33. The number of carbonyl (C=O) groups excluding carboxylic acids is 1.